The van der Waals surface area contributed by atoms with Crippen molar-refractivity contribution >= 4 is 40.5 Å². The summed E-state index contributed by atoms with van der Waals surface area (Å²) in [5.41, 5.74) is 4.43. The molecule has 160 valence electrons. The van der Waals surface area contributed by atoms with Crippen LogP contribution in [0.2, 0.25) is 0 Å². The van der Waals surface area contributed by atoms with Gasteiger partial charge in [-0.25, -0.2) is 5.43 Å². The molecular weight excluding hydrogens is 402 g/mol. The third-order valence-corrected chi connectivity index (χ3v) is 5.35. The summed E-state index contributed by atoms with van der Waals surface area (Å²) in [6.45, 7) is 1.84. The van der Waals surface area contributed by atoms with Gasteiger partial charge in [-0.15, -0.1) is 0 Å². The molecule has 0 amide bonds. The number of hydrogen-bond acceptors (Lipinski definition) is 8. The average Bonchev–Trinajstić information content (AvgIpc) is 3.36. The lowest BCUT2D eigenvalue weighted by atomic mass is 10.0. The van der Waals surface area contributed by atoms with Crippen LogP contribution in [0.3, 0.4) is 0 Å². The molecule has 5 rings (SSSR count). The number of hydrogen-bond donors (Lipinski definition) is 3. The van der Waals surface area contributed by atoms with Gasteiger partial charge in [0.1, 0.15) is 5.75 Å². The van der Waals surface area contributed by atoms with Gasteiger partial charge in [0.2, 0.25) is 17.8 Å². The fraction of sp³-hybridized carbons (Fsp3) is 0.167. The number of hydrazone groups is 1. The van der Waals surface area contributed by atoms with Crippen LogP contribution in [0.15, 0.2) is 71.8 Å². The van der Waals surface area contributed by atoms with Gasteiger partial charge in [0.15, 0.2) is 0 Å². The third-order valence-electron chi connectivity index (χ3n) is 5.35. The van der Waals surface area contributed by atoms with Crippen molar-refractivity contribution in [1.29, 1.82) is 0 Å². The largest absolute Gasteiger partial charge is 0.507 e. The Bertz CT molecular complexity index is 1250. The molecule has 1 aromatic heterocycles. The van der Waals surface area contributed by atoms with E-state index in [9.17, 15) is 5.11 Å². The first kappa shape index (κ1) is 19.7. The lowest BCUT2D eigenvalue weighted by Crippen LogP contribution is -2.21. The smallest absolute Gasteiger partial charge is 0.250 e. The van der Waals surface area contributed by atoms with Gasteiger partial charge in [0.25, 0.3) is 0 Å². The first-order valence-electron chi connectivity index (χ1n) is 10.6. The molecule has 0 radical (unpaired) electrons. The molecule has 3 aromatic carbocycles. The van der Waals surface area contributed by atoms with Gasteiger partial charge < -0.3 is 15.3 Å². The molecule has 0 saturated carbocycles. The van der Waals surface area contributed by atoms with Crippen LogP contribution in [0.1, 0.15) is 18.4 Å². The lowest BCUT2D eigenvalue weighted by molar-refractivity contribution is 0.475. The predicted octanol–water partition coefficient (Wildman–Crippen LogP) is 4.52. The van der Waals surface area contributed by atoms with Crippen molar-refractivity contribution in [2.75, 3.05) is 28.7 Å². The van der Waals surface area contributed by atoms with Crippen LogP contribution >= 0.6 is 0 Å². The summed E-state index contributed by atoms with van der Waals surface area (Å²) in [5, 5.41) is 19.8. The van der Waals surface area contributed by atoms with Crippen LogP contribution in [-0.4, -0.2) is 39.4 Å². The second kappa shape index (κ2) is 8.89. The molecular formula is C24H23N7O. The molecule has 1 fully saturated rings. The van der Waals surface area contributed by atoms with Crippen molar-refractivity contribution in [3.05, 3.63) is 72.3 Å². The molecule has 0 unspecified atom stereocenters. The Kier molecular flexibility index (Phi) is 5.48. The second-order valence-corrected chi connectivity index (χ2v) is 7.56. The fourth-order valence-electron chi connectivity index (χ4n) is 3.75. The number of aromatic nitrogens is 3. The number of benzene rings is 3. The van der Waals surface area contributed by atoms with Crippen molar-refractivity contribution < 1.29 is 5.11 Å². The minimum absolute atomic E-state index is 0.161. The summed E-state index contributed by atoms with van der Waals surface area (Å²) in [6.07, 6.45) is 3.82. The first-order chi connectivity index (χ1) is 15.8. The molecule has 1 aliphatic rings. The number of nitrogens with one attached hydrogen (secondary N) is 2. The number of nitrogens with zero attached hydrogens (tertiary/aromatic N) is 5. The maximum atomic E-state index is 10.3. The summed E-state index contributed by atoms with van der Waals surface area (Å²) in [5.74, 6) is 1.55. The lowest BCUT2D eigenvalue weighted by Gasteiger charge is -2.16. The SMILES string of the molecule is Oc1ccc2ccccc2c1/C=N\Nc1nc(Nc2ccccc2)nc(N2CCCC2)n1. The number of phenols is 1. The van der Waals surface area contributed by atoms with E-state index in [0.29, 0.717) is 23.4 Å². The number of rotatable bonds is 6. The van der Waals surface area contributed by atoms with E-state index >= 15 is 0 Å². The van der Waals surface area contributed by atoms with Crippen LogP contribution in [-0.2, 0) is 0 Å². The zero-order valence-electron chi connectivity index (χ0n) is 17.4. The molecule has 1 aliphatic heterocycles. The molecule has 2 heterocycles. The first-order valence-corrected chi connectivity index (χ1v) is 10.6. The summed E-state index contributed by atoms with van der Waals surface area (Å²) in [6, 6.07) is 21.1. The van der Waals surface area contributed by atoms with E-state index in [2.05, 4.69) is 35.7 Å². The van der Waals surface area contributed by atoms with Crippen LogP contribution in [0, 0.1) is 0 Å². The number of para-hydroxylation sites is 1. The van der Waals surface area contributed by atoms with Crippen molar-refractivity contribution in [3.63, 3.8) is 0 Å². The van der Waals surface area contributed by atoms with Crippen molar-refractivity contribution in [1.82, 2.24) is 15.0 Å². The summed E-state index contributed by atoms with van der Waals surface area (Å²) >= 11 is 0. The van der Waals surface area contributed by atoms with Gasteiger partial charge in [-0.2, -0.15) is 20.1 Å². The normalized spacial score (nSPS) is 13.7. The molecule has 8 heteroatoms. The van der Waals surface area contributed by atoms with Crippen LogP contribution < -0.4 is 15.6 Å². The highest BCUT2D eigenvalue weighted by Gasteiger charge is 2.17. The quantitative estimate of drug-likeness (QED) is 0.309. The molecule has 4 aromatic rings. The zero-order chi connectivity index (χ0) is 21.8. The van der Waals surface area contributed by atoms with Gasteiger partial charge in [-0.3, -0.25) is 0 Å². The van der Waals surface area contributed by atoms with Gasteiger partial charge >= 0.3 is 0 Å². The number of phenolic OH excluding ortho intramolecular Hbond substituents is 1. The Hall–Kier alpha value is -4.20. The van der Waals surface area contributed by atoms with E-state index in [4.69, 9.17) is 0 Å². The molecule has 0 bridgehead atoms. The van der Waals surface area contributed by atoms with Crippen molar-refractivity contribution in [3.8, 4) is 5.75 Å². The topological polar surface area (TPSA) is 98.6 Å². The highest BCUT2D eigenvalue weighted by atomic mass is 16.3. The number of aromatic hydroxyl groups is 1. The average molecular weight is 425 g/mol. The Balaban J connectivity index is 1.43. The third kappa shape index (κ3) is 4.29. The summed E-state index contributed by atoms with van der Waals surface area (Å²) in [7, 11) is 0. The molecule has 0 atom stereocenters. The molecule has 8 nitrogen and oxygen atoms in total. The molecule has 32 heavy (non-hydrogen) atoms. The Morgan fingerprint density at radius 2 is 1.59 bits per heavy atom. The van der Waals surface area contributed by atoms with E-state index in [0.717, 1.165) is 42.4 Å². The Labute approximate surface area is 185 Å². The van der Waals surface area contributed by atoms with Crippen molar-refractivity contribution in [2.45, 2.75) is 12.8 Å². The molecule has 0 aliphatic carbocycles. The van der Waals surface area contributed by atoms with Gasteiger partial charge in [-0.05, 0) is 41.8 Å². The van der Waals surface area contributed by atoms with Crippen molar-refractivity contribution in [2.24, 2.45) is 5.10 Å². The highest BCUT2D eigenvalue weighted by Crippen LogP contribution is 2.26. The number of anilines is 4. The van der Waals surface area contributed by atoms with Gasteiger partial charge in [-0.1, -0.05) is 48.5 Å². The summed E-state index contributed by atoms with van der Waals surface area (Å²) in [4.78, 5) is 15.8. The minimum atomic E-state index is 0.161. The van der Waals surface area contributed by atoms with Crippen LogP contribution in [0.25, 0.3) is 10.8 Å². The van der Waals surface area contributed by atoms with E-state index in [-0.39, 0.29) is 5.75 Å². The monoisotopic (exact) mass is 425 g/mol. The standard InChI is InChI=1S/C24H23N7O/c32-21-13-12-17-8-4-5-11-19(17)20(21)16-25-30-23-27-22(26-18-9-2-1-3-10-18)28-24(29-23)31-14-6-7-15-31/h1-5,8-13,16,32H,6-7,14-15H2,(H2,26,27,28,29,30)/b25-16-. The van der Waals surface area contributed by atoms with Gasteiger partial charge in [0, 0.05) is 24.3 Å². The van der Waals surface area contributed by atoms with Gasteiger partial charge in [0.05, 0.1) is 6.21 Å². The zero-order valence-corrected chi connectivity index (χ0v) is 17.4. The molecule has 0 spiro atoms. The van der Waals surface area contributed by atoms with E-state index < -0.39 is 0 Å². The molecule has 3 N–H and O–H groups in total. The van der Waals surface area contributed by atoms with E-state index in [1.54, 1.807) is 12.3 Å². The molecule has 1 saturated heterocycles. The highest BCUT2D eigenvalue weighted by molar-refractivity contribution is 6.02. The van der Waals surface area contributed by atoms with Crippen LogP contribution in [0.5, 0.6) is 5.75 Å². The Morgan fingerprint density at radius 1 is 0.844 bits per heavy atom. The maximum absolute atomic E-state index is 10.3. The maximum Gasteiger partial charge on any atom is 0.250 e. The van der Waals surface area contributed by atoms with E-state index in [1.165, 1.54) is 0 Å². The predicted molar refractivity (Wildman–Crippen MR) is 128 cm³/mol. The fourth-order valence-corrected chi connectivity index (χ4v) is 3.75. The number of fused-ring (bicyclic) bond motifs is 1. The minimum Gasteiger partial charge on any atom is -0.507 e. The summed E-state index contributed by atoms with van der Waals surface area (Å²) < 4.78 is 0. The second-order valence-electron chi connectivity index (χ2n) is 7.56. The van der Waals surface area contributed by atoms with E-state index in [1.807, 2.05) is 60.7 Å². The Morgan fingerprint density at radius 3 is 2.44 bits per heavy atom. The van der Waals surface area contributed by atoms with Crippen LogP contribution in [0.4, 0.5) is 23.5 Å².